The second-order valence-electron chi connectivity index (χ2n) is 6.45. The Hall–Kier alpha value is -2.82. The van der Waals surface area contributed by atoms with E-state index in [4.69, 9.17) is 4.74 Å². The van der Waals surface area contributed by atoms with Crippen molar-refractivity contribution in [3.63, 3.8) is 0 Å². The highest BCUT2D eigenvalue weighted by molar-refractivity contribution is 6.06. The van der Waals surface area contributed by atoms with E-state index in [1.54, 1.807) is 4.90 Å². The smallest absolute Gasteiger partial charge is 0.328 e. The number of carbonyl (C=O) groups excluding carboxylic acids is 2. The number of rotatable bonds is 4. The van der Waals surface area contributed by atoms with Gasteiger partial charge in [0.2, 0.25) is 5.91 Å². The Bertz CT molecular complexity index is 797. The quantitative estimate of drug-likeness (QED) is 0.920. The molecule has 0 bridgehead atoms. The summed E-state index contributed by atoms with van der Waals surface area (Å²) in [6.07, 6.45) is 0.472. The van der Waals surface area contributed by atoms with Crippen LogP contribution in [0.2, 0.25) is 0 Å². The van der Waals surface area contributed by atoms with Gasteiger partial charge in [-0.25, -0.2) is 4.79 Å². The molecule has 0 saturated carbocycles. The lowest BCUT2D eigenvalue weighted by Crippen LogP contribution is -2.49. The van der Waals surface area contributed by atoms with Gasteiger partial charge in [0.25, 0.3) is 0 Å². The van der Waals surface area contributed by atoms with Crippen LogP contribution in [0.4, 0.5) is 10.5 Å². The summed E-state index contributed by atoms with van der Waals surface area (Å²) in [5.74, 6) is 0.626. The highest BCUT2D eigenvalue weighted by Gasteiger charge is 2.25. The second kappa shape index (κ2) is 6.97. The maximum atomic E-state index is 12.0. The van der Waals surface area contributed by atoms with Gasteiger partial charge < -0.3 is 4.74 Å². The van der Waals surface area contributed by atoms with Gasteiger partial charge in [0.1, 0.15) is 5.75 Å². The SMILES string of the molecule is Cc1cc(-c2ccc(OC(C)C)cc2)ccc1N1CCC(=O)NC1=O. The monoisotopic (exact) mass is 338 g/mol. The Morgan fingerprint density at radius 2 is 1.72 bits per heavy atom. The fourth-order valence-electron chi connectivity index (χ4n) is 2.93. The number of hydrogen-bond acceptors (Lipinski definition) is 3. The molecule has 25 heavy (non-hydrogen) atoms. The van der Waals surface area contributed by atoms with Crippen molar-refractivity contribution in [3.8, 4) is 16.9 Å². The van der Waals surface area contributed by atoms with Crippen molar-refractivity contribution in [3.05, 3.63) is 48.0 Å². The van der Waals surface area contributed by atoms with Gasteiger partial charge in [0.15, 0.2) is 0 Å². The van der Waals surface area contributed by atoms with E-state index in [-0.39, 0.29) is 18.0 Å². The van der Waals surface area contributed by atoms with Crippen molar-refractivity contribution in [2.45, 2.75) is 33.3 Å². The van der Waals surface area contributed by atoms with Gasteiger partial charge in [0.05, 0.1) is 6.10 Å². The molecule has 2 aromatic rings. The van der Waals surface area contributed by atoms with Crippen molar-refractivity contribution in [2.24, 2.45) is 0 Å². The molecule has 0 spiro atoms. The molecule has 1 heterocycles. The Kier molecular flexibility index (Phi) is 4.74. The van der Waals surface area contributed by atoms with Gasteiger partial charge >= 0.3 is 6.03 Å². The standard InChI is InChI=1S/C20H22N2O3/c1-13(2)25-17-7-4-15(5-8-17)16-6-9-18(14(3)12-16)22-11-10-19(23)21-20(22)24/h4-9,12-13H,10-11H2,1-3H3,(H,21,23,24). The van der Waals surface area contributed by atoms with Crippen LogP contribution in [-0.4, -0.2) is 24.6 Å². The van der Waals surface area contributed by atoms with Crippen molar-refractivity contribution >= 4 is 17.6 Å². The van der Waals surface area contributed by atoms with Crippen LogP contribution in [0.15, 0.2) is 42.5 Å². The normalized spacial score (nSPS) is 14.6. The lowest BCUT2D eigenvalue weighted by Gasteiger charge is -2.28. The third kappa shape index (κ3) is 3.82. The predicted molar refractivity (Wildman–Crippen MR) is 97.9 cm³/mol. The Morgan fingerprint density at radius 3 is 2.32 bits per heavy atom. The molecule has 0 aromatic heterocycles. The van der Waals surface area contributed by atoms with E-state index in [0.29, 0.717) is 13.0 Å². The molecule has 0 aliphatic carbocycles. The van der Waals surface area contributed by atoms with Crippen LogP contribution < -0.4 is 15.0 Å². The van der Waals surface area contributed by atoms with E-state index in [1.165, 1.54) is 0 Å². The number of carbonyl (C=O) groups is 2. The van der Waals surface area contributed by atoms with Crippen LogP contribution in [0.1, 0.15) is 25.8 Å². The van der Waals surface area contributed by atoms with Crippen molar-refractivity contribution in [1.29, 1.82) is 0 Å². The zero-order valence-electron chi connectivity index (χ0n) is 14.7. The van der Waals surface area contributed by atoms with E-state index in [2.05, 4.69) is 11.4 Å². The van der Waals surface area contributed by atoms with Crippen LogP contribution in [-0.2, 0) is 4.79 Å². The van der Waals surface area contributed by atoms with E-state index >= 15 is 0 Å². The van der Waals surface area contributed by atoms with Crippen LogP contribution in [0, 0.1) is 6.92 Å². The van der Waals surface area contributed by atoms with Crippen LogP contribution >= 0.6 is 0 Å². The lowest BCUT2D eigenvalue weighted by molar-refractivity contribution is -0.120. The molecule has 3 rings (SSSR count). The summed E-state index contributed by atoms with van der Waals surface area (Å²) in [5.41, 5.74) is 3.98. The molecule has 2 aromatic carbocycles. The third-order valence-corrected chi connectivity index (χ3v) is 4.10. The molecule has 5 nitrogen and oxygen atoms in total. The fourth-order valence-corrected chi connectivity index (χ4v) is 2.93. The van der Waals surface area contributed by atoms with Gasteiger partial charge in [-0.2, -0.15) is 0 Å². The minimum atomic E-state index is -0.359. The van der Waals surface area contributed by atoms with Crippen LogP contribution in [0.25, 0.3) is 11.1 Å². The minimum absolute atomic E-state index is 0.148. The zero-order chi connectivity index (χ0) is 18.0. The number of aryl methyl sites for hydroxylation is 1. The number of hydrogen-bond donors (Lipinski definition) is 1. The molecule has 1 fully saturated rings. The van der Waals surface area contributed by atoms with E-state index in [9.17, 15) is 9.59 Å². The third-order valence-electron chi connectivity index (χ3n) is 4.10. The number of ether oxygens (including phenoxy) is 1. The number of nitrogens with zero attached hydrogens (tertiary/aromatic N) is 1. The first kappa shape index (κ1) is 17.0. The number of amides is 3. The number of urea groups is 1. The summed E-state index contributed by atoms with van der Waals surface area (Å²) >= 11 is 0. The summed E-state index contributed by atoms with van der Waals surface area (Å²) in [4.78, 5) is 24.9. The molecular formula is C20H22N2O3. The van der Waals surface area contributed by atoms with Crippen LogP contribution in [0.5, 0.6) is 5.75 Å². The minimum Gasteiger partial charge on any atom is -0.491 e. The first-order chi connectivity index (χ1) is 11.9. The van der Waals surface area contributed by atoms with E-state index in [0.717, 1.165) is 28.1 Å². The average Bonchev–Trinajstić information content (AvgIpc) is 2.56. The molecule has 1 aliphatic heterocycles. The maximum absolute atomic E-state index is 12.0. The topological polar surface area (TPSA) is 58.6 Å². The van der Waals surface area contributed by atoms with Gasteiger partial charge in [-0.05, 0) is 61.7 Å². The van der Waals surface area contributed by atoms with Crippen molar-refractivity contribution in [2.75, 3.05) is 11.4 Å². The summed E-state index contributed by atoms with van der Waals surface area (Å²) in [6.45, 7) is 6.38. The predicted octanol–water partition coefficient (Wildman–Crippen LogP) is 3.90. The lowest BCUT2D eigenvalue weighted by atomic mass is 10.0. The first-order valence-corrected chi connectivity index (χ1v) is 8.43. The maximum Gasteiger partial charge on any atom is 0.328 e. The van der Waals surface area contributed by atoms with Crippen molar-refractivity contribution in [1.82, 2.24) is 5.32 Å². The van der Waals surface area contributed by atoms with E-state index < -0.39 is 0 Å². The molecule has 1 aliphatic rings. The van der Waals surface area contributed by atoms with Gasteiger partial charge in [-0.1, -0.05) is 18.2 Å². The Morgan fingerprint density at radius 1 is 1.04 bits per heavy atom. The molecule has 0 radical (unpaired) electrons. The number of benzene rings is 2. The molecule has 1 N–H and O–H groups in total. The van der Waals surface area contributed by atoms with Gasteiger partial charge in [-0.15, -0.1) is 0 Å². The van der Waals surface area contributed by atoms with Crippen LogP contribution in [0.3, 0.4) is 0 Å². The Balaban J connectivity index is 1.82. The zero-order valence-corrected chi connectivity index (χ0v) is 14.7. The van der Waals surface area contributed by atoms with E-state index in [1.807, 2.05) is 57.2 Å². The highest BCUT2D eigenvalue weighted by Crippen LogP contribution is 2.29. The van der Waals surface area contributed by atoms with Crippen molar-refractivity contribution < 1.29 is 14.3 Å². The highest BCUT2D eigenvalue weighted by atomic mass is 16.5. The molecule has 3 amide bonds. The first-order valence-electron chi connectivity index (χ1n) is 8.43. The molecule has 1 saturated heterocycles. The van der Waals surface area contributed by atoms with Gasteiger partial charge in [0, 0.05) is 18.7 Å². The summed E-state index contributed by atoms with van der Waals surface area (Å²) in [7, 11) is 0. The second-order valence-corrected chi connectivity index (χ2v) is 6.45. The largest absolute Gasteiger partial charge is 0.491 e. The molecule has 130 valence electrons. The number of imide groups is 1. The molecule has 5 heteroatoms. The molecule has 0 atom stereocenters. The Labute approximate surface area is 147 Å². The number of anilines is 1. The summed E-state index contributed by atoms with van der Waals surface area (Å²) < 4.78 is 5.67. The summed E-state index contributed by atoms with van der Waals surface area (Å²) in [5, 5.41) is 2.36. The molecular weight excluding hydrogens is 316 g/mol. The van der Waals surface area contributed by atoms with Gasteiger partial charge in [-0.3, -0.25) is 15.0 Å². The fraction of sp³-hybridized carbons (Fsp3) is 0.300. The average molecular weight is 338 g/mol. The molecule has 0 unspecified atom stereocenters. The summed E-state index contributed by atoms with van der Waals surface area (Å²) in [6, 6.07) is 13.6. The number of nitrogens with one attached hydrogen (secondary N) is 1.